The SMILES string of the molecule is CCCOc1ccc(C(=O)Nc2cc(NC(=O)CCC)ccc2Cl)cc1. The lowest BCUT2D eigenvalue weighted by Gasteiger charge is -2.11. The third kappa shape index (κ3) is 5.77. The summed E-state index contributed by atoms with van der Waals surface area (Å²) in [5.74, 6) is 0.364. The maximum Gasteiger partial charge on any atom is 0.255 e. The van der Waals surface area contributed by atoms with Crippen LogP contribution in [0.2, 0.25) is 5.02 Å². The van der Waals surface area contributed by atoms with Crippen molar-refractivity contribution in [2.75, 3.05) is 17.2 Å². The van der Waals surface area contributed by atoms with Crippen molar-refractivity contribution < 1.29 is 14.3 Å². The van der Waals surface area contributed by atoms with Crippen molar-refractivity contribution in [1.82, 2.24) is 0 Å². The Hall–Kier alpha value is -2.53. The second-order valence-corrected chi connectivity index (χ2v) is 6.23. The number of halogens is 1. The molecule has 0 aliphatic carbocycles. The number of rotatable bonds is 8. The normalized spacial score (nSPS) is 10.3. The lowest BCUT2D eigenvalue weighted by atomic mass is 10.2. The summed E-state index contributed by atoms with van der Waals surface area (Å²) in [4.78, 5) is 24.1. The molecule has 0 aromatic heterocycles. The third-order valence-electron chi connectivity index (χ3n) is 3.56. The second-order valence-electron chi connectivity index (χ2n) is 5.82. The number of ether oxygens (including phenoxy) is 1. The van der Waals surface area contributed by atoms with Crippen LogP contribution in [0.15, 0.2) is 42.5 Å². The highest BCUT2D eigenvalue weighted by molar-refractivity contribution is 6.34. The number of hydrogen-bond acceptors (Lipinski definition) is 3. The minimum absolute atomic E-state index is 0.0743. The van der Waals surface area contributed by atoms with Gasteiger partial charge < -0.3 is 15.4 Å². The Kier molecular flexibility index (Phi) is 7.48. The fraction of sp³-hybridized carbons (Fsp3) is 0.300. The standard InChI is InChI=1S/C20H23ClN2O3/c1-3-5-19(24)22-15-8-11-17(21)18(13-15)23-20(25)14-6-9-16(10-7-14)26-12-4-2/h6-11,13H,3-5,12H2,1-2H3,(H,22,24)(H,23,25). The molecule has 0 fully saturated rings. The van der Waals surface area contributed by atoms with Crippen LogP contribution in [0.3, 0.4) is 0 Å². The lowest BCUT2D eigenvalue weighted by molar-refractivity contribution is -0.116. The van der Waals surface area contributed by atoms with Crippen LogP contribution in [0, 0.1) is 0 Å². The molecule has 0 heterocycles. The number of nitrogens with one attached hydrogen (secondary N) is 2. The molecule has 2 N–H and O–H groups in total. The van der Waals surface area contributed by atoms with Crippen molar-refractivity contribution in [3.8, 4) is 5.75 Å². The molecule has 26 heavy (non-hydrogen) atoms. The van der Waals surface area contributed by atoms with Crippen LogP contribution in [0.1, 0.15) is 43.5 Å². The maximum absolute atomic E-state index is 12.4. The molecule has 0 atom stereocenters. The van der Waals surface area contributed by atoms with Gasteiger partial charge in [-0.05, 0) is 55.3 Å². The van der Waals surface area contributed by atoms with E-state index in [1.165, 1.54) is 0 Å². The Morgan fingerprint density at radius 2 is 1.73 bits per heavy atom. The molecule has 2 aromatic carbocycles. The molecule has 0 aliphatic heterocycles. The number of carbonyl (C=O) groups excluding carboxylic acids is 2. The van der Waals surface area contributed by atoms with E-state index in [2.05, 4.69) is 10.6 Å². The Morgan fingerprint density at radius 1 is 1.00 bits per heavy atom. The minimum Gasteiger partial charge on any atom is -0.494 e. The van der Waals surface area contributed by atoms with Crippen LogP contribution in [0.25, 0.3) is 0 Å². The molecule has 5 nitrogen and oxygen atoms in total. The number of benzene rings is 2. The number of anilines is 2. The molecule has 6 heteroatoms. The molecular formula is C20H23ClN2O3. The smallest absolute Gasteiger partial charge is 0.255 e. The van der Waals surface area contributed by atoms with Gasteiger partial charge in [0.15, 0.2) is 0 Å². The fourth-order valence-electron chi connectivity index (χ4n) is 2.27. The van der Waals surface area contributed by atoms with Crippen LogP contribution >= 0.6 is 11.6 Å². The van der Waals surface area contributed by atoms with Crippen molar-refractivity contribution in [2.24, 2.45) is 0 Å². The zero-order valence-corrected chi connectivity index (χ0v) is 15.7. The highest BCUT2D eigenvalue weighted by Gasteiger charge is 2.10. The van der Waals surface area contributed by atoms with Gasteiger partial charge >= 0.3 is 0 Å². The zero-order valence-electron chi connectivity index (χ0n) is 15.0. The molecule has 0 saturated heterocycles. The monoisotopic (exact) mass is 374 g/mol. The van der Waals surface area contributed by atoms with E-state index in [4.69, 9.17) is 16.3 Å². The Morgan fingerprint density at radius 3 is 2.38 bits per heavy atom. The van der Waals surface area contributed by atoms with Gasteiger partial charge in [0.05, 0.1) is 17.3 Å². The molecule has 0 aliphatic rings. The first-order valence-corrected chi connectivity index (χ1v) is 9.05. The average Bonchev–Trinajstić information content (AvgIpc) is 2.63. The van der Waals surface area contributed by atoms with Crippen LogP contribution in [0.4, 0.5) is 11.4 Å². The van der Waals surface area contributed by atoms with Crippen LogP contribution < -0.4 is 15.4 Å². The van der Waals surface area contributed by atoms with Gasteiger partial charge in [0.25, 0.3) is 5.91 Å². The largest absolute Gasteiger partial charge is 0.494 e. The third-order valence-corrected chi connectivity index (χ3v) is 3.89. The van der Waals surface area contributed by atoms with E-state index < -0.39 is 0 Å². The molecule has 2 rings (SSSR count). The molecular weight excluding hydrogens is 352 g/mol. The highest BCUT2D eigenvalue weighted by Crippen LogP contribution is 2.26. The van der Waals surface area contributed by atoms with Crippen molar-refractivity contribution in [3.05, 3.63) is 53.1 Å². The van der Waals surface area contributed by atoms with E-state index >= 15 is 0 Å². The predicted molar refractivity (Wildman–Crippen MR) is 105 cm³/mol. The van der Waals surface area contributed by atoms with E-state index in [0.29, 0.717) is 35.0 Å². The van der Waals surface area contributed by atoms with E-state index in [1.54, 1.807) is 42.5 Å². The van der Waals surface area contributed by atoms with E-state index in [1.807, 2.05) is 13.8 Å². The van der Waals surface area contributed by atoms with E-state index in [0.717, 1.165) is 18.6 Å². The number of amides is 2. The van der Waals surface area contributed by atoms with Crippen molar-refractivity contribution >= 4 is 34.8 Å². The molecule has 0 saturated carbocycles. The topological polar surface area (TPSA) is 67.4 Å². The summed E-state index contributed by atoms with van der Waals surface area (Å²) >= 11 is 6.16. The summed E-state index contributed by atoms with van der Waals surface area (Å²) in [5.41, 5.74) is 1.52. The maximum atomic E-state index is 12.4. The number of carbonyl (C=O) groups is 2. The van der Waals surface area contributed by atoms with Gasteiger partial charge in [-0.1, -0.05) is 25.4 Å². The van der Waals surface area contributed by atoms with Crippen molar-refractivity contribution in [1.29, 1.82) is 0 Å². The minimum atomic E-state index is -0.286. The van der Waals surface area contributed by atoms with Crippen molar-refractivity contribution in [2.45, 2.75) is 33.1 Å². The van der Waals surface area contributed by atoms with Gasteiger partial charge in [-0.25, -0.2) is 0 Å². The summed E-state index contributed by atoms with van der Waals surface area (Å²) in [6, 6.07) is 11.9. The van der Waals surface area contributed by atoms with Gasteiger partial charge in [0.1, 0.15) is 5.75 Å². The van der Waals surface area contributed by atoms with Gasteiger partial charge in [0, 0.05) is 17.7 Å². The van der Waals surface area contributed by atoms with Crippen LogP contribution in [-0.2, 0) is 4.79 Å². The highest BCUT2D eigenvalue weighted by atomic mass is 35.5. The first-order valence-electron chi connectivity index (χ1n) is 8.67. The lowest BCUT2D eigenvalue weighted by Crippen LogP contribution is -2.14. The van der Waals surface area contributed by atoms with Gasteiger partial charge in [0.2, 0.25) is 5.91 Å². The van der Waals surface area contributed by atoms with Gasteiger partial charge in [-0.15, -0.1) is 0 Å². The first kappa shape index (κ1) is 19.8. The second kappa shape index (κ2) is 9.82. The molecule has 0 bridgehead atoms. The molecule has 0 spiro atoms. The predicted octanol–water partition coefficient (Wildman–Crippen LogP) is 5.12. The van der Waals surface area contributed by atoms with Crippen LogP contribution in [-0.4, -0.2) is 18.4 Å². The Labute approximate surface area is 158 Å². The average molecular weight is 375 g/mol. The van der Waals surface area contributed by atoms with Crippen molar-refractivity contribution in [3.63, 3.8) is 0 Å². The molecule has 2 aromatic rings. The summed E-state index contributed by atoms with van der Waals surface area (Å²) in [5, 5.41) is 5.95. The summed E-state index contributed by atoms with van der Waals surface area (Å²) < 4.78 is 5.51. The van der Waals surface area contributed by atoms with Crippen LogP contribution in [0.5, 0.6) is 5.75 Å². The molecule has 138 valence electrons. The fourth-order valence-corrected chi connectivity index (χ4v) is 2.43. The number of hydrogen-bond donors (Lipinski definition) is 2. The molecule has 2 amide bonds. The summed E-state index contributed by atoms with van der Waals surface area (Å²) in [7, 11) is 0. The summed E-state index contributed by atoms with van der Waals surface area (Å²) in [6.45, 7) is 4.60. The molecule has 0 radical (unpaired) electrons. The zero-order chi connectivity index (χ0) is 18.9. The van der Waals surface area contributed by atoms with Gasteiger partial charge in [-0.2, -0.15) is 0 Å². The Balaban J connectivity index is 2.06. The quantitative estimate of drug-likeness (QED) is 0.673. The summed E-state index contributed by atoms with van der Waals surface area (Å²) in [6.07, 6.45) is 2.13. The first-order chi connectivity index (χ1) is 12.5. The van der Waals surface area contributed by atoms with E-state index in [9.17, 15) is 9.59 Å². The Bertz CT molecular complexity index is 760. The molecule has 0 unspecified atom stereocenters. The van der Waals surface area contributed by atoms with Gasteiger partial charge in [-0.3, -0.25) is 9.59 Å². The van der Waals surface area contributed by atoms with E-state index in [-0.39, 0.29) is 11.8 Å².